The highest BCUT2D eigenvalue weighted by atomic mass is 32.1. The van der Waals surface area contributed by atoms with Crippen molar-refractivity contribution in [3.05, 3.63) is 22.4 Å². The summed E-state index contributed by atoms with van der Waals surface area (Å²) in [6.45, 7) is 5.85. The molecule has 2 rings (SSSR count). The average molecular weight is 284 g/mol. The van der Waals surface area contributed by atoms with Crippen LogP contribution in [0, 0.1) is 0 Å². The first-order valence-electron chi connectivity index (χ1n) is 6.93. The standard InChI is InChI=1S/C14H24N2O2S/c1-3-13(15)14(11-4-5-19-9-11)16-6-10(2)18-12(7-16)8-17/h4-5,9-10,12-14,17H,3,6-8,15H2,1-2H3. The molecule has 1 fully saturated rings. The fourth-order valence-corrected chi connectivity index (χ4v) is 3.49. The second-order valence-corrected chi connectivity index (χ2v) is 6.06. The Morgan fingerprint density at radius 3 is 2.95 bits per heavy atom. The molecular weight excluding hydrogens is 260 g/mol. The van der Waals surface area contributed by atoms with Crippen molar-refractivity contribution in [3.8, 4) is 0 Å². The van der Waals surface area contributed by atoms with E-state index >= 15 is 0 Å². The van der Waals surface area contributed by atoms with Crippen molar-refractivity contribution in [2.75, 3.05) is 19.7 Å². The van der Waals surface area contributed by atoms with Gasteiger partial charge in [-0.3, -0.25) is 4.90 Å². The molecule has 1 aliphatic rings. The van der Waals surface area contributed by atoms with Gasteiger partial charge >= 0.3 is 0 Å². The van der Waals surface area contributed by atoms with E-state index in [1.165, 1.54) is 5.56 Å². The molecule has 1 saturated heterocycles. The van der Waals surface area contributed by atoms with E-state index in [2.05, 4.69) is 35.6 Å². The van der Waals surface area contributed by atoms with Crippen molar-refractivity contribution in [1.82, 2.24) is 4.90 Å². The van der Waals surface area contributed by atoms with Crippen LogP contribution in [0.1, 0.15) is 31.9 Å². The van der Waals surface area contributed by atoms with E-state index < -0.39 is 0 Å². The highest BCUT2D eigenvalue weighted by Gasteiger charge is 2.33. The van der Waals surface area contributed by atoms with Crippen molar-refractivity contribution >= 4 is 11.3 Å². The van der Waals surface area contributed by atoms with Crippen LogP contribution in [0.3, 0.4) is 0 Å². The molecule has 0 radical (unpaired) electrons. The molecule has 0 spiro atoms. The minimum absolute atomic E-state index is 0.0680. The van der Waals surface area contributed by atoms with Gasteiger partial charge in [0.05, 0.1) is 24.9 Å². The molecule has 0 aliphatic carbocycles. The van der Waals surface area contributed by atoms with Gasteiger partial charge < -0.3 is 15.6 Å². The molecular formula is C14H24N2O2S. The molecule has 0 aromatic carbocycles. The fraction of sp³-hybridized carbons (Fsp3) is 0.714. The van der Waals surface area contributed by atoms with E-state index in [0.29, 0.717) is 0 Å². The van der Waals surface area contributed by atoms with E-state index in [1.54, 1.807) is 11.3 Å². The molecule has 108 valence electrons. The average Bonchev–Trinajstić information content (AvgIpc) is 2.91. The minimum atomic E-state index is -0.103. The summed E-state index contributed by atoms with van der Waals surface area (Å²) >= 11 is 1.70. The quantitative estimate of drug-likeness (QED) is 0.862. The number of nitrogens with zero attached hydrogens (tertiary/aromatic N) is 1. The second kappa shape index (κ2) is 6.81. The molecule has 1 aromatic heterocycles. The monoisotopic (exact) mass is 284 g/mol. The summed E-state index contributed by atoms with van der Waals surface area (Å²) in [4.78, 5) is 2.37. The maximum absolute atomic E-state index is 9.35. The van der Waals surface area contributed by atoms with Gasteiger partial charge in [0.1, 0.15) is 0 Å². The predicted octanol–water partition coefficient (Wildman–Crippen LogP) is 1.61. The SMILES string of the molecule is CCC(N)C(c1ccsc1)N1CC(C)OC(CO)C1. The maximum atomic E-state index is 9.35. The van der Waals surface area contributed by atoms with Crippen LogP contribution in [0.15, 0.2) is 16.8 Å². The molecule has 1 aliphatic heterocycles. The third-order valence-corrected chi connectivity index (χ3v) is 4.41. The Morgan fingerprint density at radius 1 is 1.58 bits per heavy atom. The number of hydrogen-bond donors (Lipinski definition) is 2. The molecule has 3 N–H and O–H groups in total. The van der Waals surface area contributed by atoms with E-state index in [9.17, 15) is 5.11 Å². The lowest BCUT2D eigenvalue weighted by Crippen LogP contribution is -2.52. The van der Waals surface area contributed by atoms with Crippen molar-refractivity contribution in [2.45, 2.75) is 44.6 Å². The number of rotatable bonds is 5. The van der Waals surface area contributed by atoms with Gasteiger partial charge in [0.15, 0.2) is 0 Å². The second-order valence-electron chi connectivity index (χ2n) is 5.28. The smallest absolute Gasteiger partial charge is 0.0936 e. The zero-order valence-corrected chi connectivity index (χ0v) is 12.5. The Kier molecular flexibility index (Phi) is 5.36. The Bertz CT molecular complexity index is 372. The summed E-state index contributed by atoms with van der Waals surface area (Å²) in [5, 5.41) is 13.6. The highest BCUT2D eigenvalue weighted by molar-refractivity contribution is 7.07. The molecule has 0 amide bonds. The summed E-state index contributed by atoms with van der Waals surface area (Å²) in [7, 11) is 0. The number of nitrogens with two attached hydrogens (primary N) is 1. The molecule has 19 heavy (non-hydrogen) atoms. The normalized spacial score (nSPS) is 28.2. The van der Waals surface area contributed by atoms with Gasteiger partial charge in [-0.25, -0.2) is 0 Å². The van der Waals surface area contributed by atoms with Crippen molar-refractivity contribution < 1.29 is 9.84 Å². The van der Waals surface area contributed by atoms with Crippen LogP contribution < -0.4 is 5.73 Å². The summed E-state index contributed by atoms with van der Waals surface area (Å²) < 4.78 is 5.72. The number of ether oxygens (including phenoxy) is 1. The van der Waals surface area contributed by atoms with E-state index in [0.717, 1.165) is 19.5 Å². The minimum Gasteiger partial charge on any atom is -0.394 e. The number of aliphatic hydroxyl groups excluding tert-OH is 1. The summed E-state index contributed by atoms with van der Waals surface area (Å²) in [6, 6.07) is 2.48. The predicted molar refractivity (Wildman–Crippen MR) is 78.3 cm³/mol. The third kappa shape index (κ3) is 3.55. The Balaban J connectivity index is 2.18. The number of hydrogen-bond acceptors (Lipinski definition) is 5. The number of thiophene rings is 1. The molecule has 4 unspecified atom stereocenters. The zero-order chi connectivity index (χ0) is 13.8. The fourth-order valence-electron chi connectivity index (χ4n) is 2.80. The lowest BCUT2D eigenvalue weighted by Gasteiger charge is -2.42. The van der Waals surface area contributed by atoms with E-state index in [1.807, 2.05) is 0 Å². The number of morpholine rings is 1. The van der Waals surface area contributed by atoms with Crippen molar-refractivity contribution in [3.63, 3.8) is 0 Å². The molecule has 4 atom stereocenters. The topological polar surface area (TPSA) is 58.7 Å². The molecule has 1 aromatic rings. The van der Waals surface area contributed by atoms with Gasteiger partial charge in [0.2, 0.25) is 0 Å². The van der Waals surface area contributed by atoms with E-state index in [4.69, 9.17) is 10.5 Å². The first-order valence-corrected chi connectivity index (χ1v) is 7.88. The summed E-state index contributed by atoms with van der Waals surface area (Å²) in [5.41, 5.74) is 7.61. The zero-order valence-electron chi connectivity index (χ0n) is 11.7. The summed E-state index contributed by atoms with van der Waals surface area (Å²) in [5.74, 6) is 0. The van der Waals surface area contributed by atoms with Crippen LogP contribution in [0.2, 0.25) is 0 Å². The van der Waals surface area contributed by atoms with Gasteiger partial charge in [-0.05, 0) is 35.7 Å². The highest BCUT2D eigenvalue weighted by Crippen LogP contribution is 2.29. The van der Waals surface area contributed by atoms with Crippen LogP contribution in [-0.2, 0) is 4.74 Å². The van der Waals surface area contributed by atoms with Crippen LogP contribution in [0.25, 0.3) is 0 Å². The van der Waals surface area contributed by atoms with Gasteiger partial charge in [0.25, 0.3) is 0 Å². The molecule has 0 bridgehead atoms. The Morgan fingerprint density at radius 2 is 2.37 bits per heavy atom. The third-order valence-electron chi connectivity index (χ3n) is 3.71. The van der Waals surface area contributed by atoms with E-state index in [-0.39, 0.29) is 30.9 Å². The first-order chi connectivity index (χ1) is 9.15. The van der Waals surface area contributed by atoms with Gasteiger partial charge in [0, 0.05) is 19.1 Å². The summed E-state index contributed by atoms with van der Waals surface area (Å²) in [6.07, 6.45) is 0.973. The largest absolute Gasteiger partial charge is 0.394 e. The van der Waals surface area contributed by atoms with Gasteiger partial charge in [-0.15, -0.1) is 0 Å². The first kappa shape index (κ1) is 14.9. The lowest BCUT2D eigenvalue weighted by molar-refractivity contribution is -0.108. The number of aliphatic hydroxyl groups is 1. The maximum Gasteiger partial charge on any atom is 0.0936 e. The molecule has 4 nitrogen and oxygen atoms in total. The molecule has 0 saturated carbocycles. The molecule has 5 heteroatoms. The lowest BCUT2D eigenvalue weighted by atomic mass is 9.97. The van der Waals surface area contributed by atoms with Gasteiger partial charge in [-0.2, -0.15) is 11.3 Å². The Labute approximate surface area is 119 Å². The molecule has 2 heterocycles. The Hall–Kier alpha value is -0.460. The van der Waals surface area contributed by atoms with Crippen molar-refractivity contribution in [2.24, 2.45) is 5.73 Å². The van der Waals surface area contributed by atoms with Crippen LogP contribution in [-0.4, -0.2) is 48.0 Å². The van der Waals surface area contributed by atoms with Crippen LogP contribution in [0.5, 0.6) is 0 Å². The van der Waals surface area contributed by atoms with Gasteiger partial charge in [-0.1, -0.05) is 6.92 Å². The van der Waals surface area contributed by atoms with Crippen molar-refractivity contribution in [1.29, 1.82) is 0 Å². The van der Waals surface area contributed by atoms with Crippen LogP contribution >= 0.6 is 11.3 Å². The van der Waals surface area contributed by atoms with Crippen LogP contribution in [0.4, 0.5) is 0 Å².